The number of nitrogens with one attached hydrogen (secondary N) is 1. The topological polar surface area (TPSA) is 80.9 Å². The zero-order valence-electron chi connectivity index (χ0n) is 16.0. The number of phenolic OH excluding ortho intramolecular Hbond substituents is 1. The van der Waals surface area contributed by atoms with Crippen molar-refractivity contribution in [3.63, 3.8) is 0 Å². The van der Waals surface area contributed by atoms with E-state index < -0.39 is 0 Å². The number of phenols is 1. The van der Waals surface area contributed by atoms with Gasteiger partial charge in [0.15, 0.2) is 11.5 Å². The first-order valence-corrected chi connectivity index (χ1v) is 9.49. The van der Waals surface area contributed by atoms with Gasteiger partial charge in [-0.05, 0) is 49.2 Å². The second-order valence-electron chi connectivity index (χ2n) is 6.93. The number of rotatable bonds is 5. The van der Waals surface area contributed by atoms with E-state index in [0.717, 1.165) is 24.2 Å². The number of amides is 1. The van der Waals surface area contributed by atoms with Gasteiger partial charge < -0.3 is 24.3 Å². The first-order chi connectivity index (χ1) is 13.6. The van der Waals surface area contributed by atoms with Crippen molar-refractivity contribution < 1.29 is 23.8 Å². The van der Waals surface area contributed by atoms with E-state index in [9.17, 15) is 9.90 Å². The minimum Gasteiger partial charge on any atom is -0.508 e. The van der Waals surface area contributed by atoms with Gasteiger partial charge in [0.2, 0.25) is 0 Å². The van der Waals surface area contributed by atoms with Crippen LogP contribution in [0.3, 0.4) is 0 Å². The van der Waals surface area contributed by atoms with Crippen molar-refractivity contribution in [3.8, 4) is 17.2 Å². The third kappa shape index (κ3) is 3.38. The summed E-state index contributed by atoms with van der Waals surface area (Å²) >= 11 is 0. The van der Waals surface area contributed by atoms with Crippen LogP contribution in [0.2, 0.25) is 0 Å². The second-order valence-corrected chi connectivity index (χ2v) is 6.93. The average Bonchev–Trinajstić information content (AvgIpc) is 3.02. The van der Waals surface area contributed by atoms with Crippen molar-refractivity contribution in [1.29, 1.82) is 0 Å². The lowest BCUT2D eigenvalue weighted by molar-refractivity contribution is 0.0934. The van der Waals surface area contributed by atoms with Gasteiger partial charge in [0.05, 0.1) is 11.6 Å². The molecule has 1 aliphatic heterocycles. The molecule has 6 nitrogen and oxygen atoms in total. The monoisotopic (exact) mass is 381 g/mol. The highest BCUT2D eigenvalue weighted by molar-refractivity contribution is 6.07. The Hall–Kier alpha value is -3.15. The molecule has 0 fully saturated rings. The summed E-state index contributed by atoms with van der Waals surface area (Å²) in [5.74, 6) is 1.82. The standard InChI is InChI=1S/C22H23NO5/c1-3-4-17(14-5-7-19-20(11-14)27-10-9-26-19)23-22(25)21-13(2)28-18-8-6-15(24)12-16(18)21/h5-8,11-12,17,24H,3-4,9-10H2,1-2H3,(H,23,25)/t17-/m1/s1. The maximum absolute atomic E-state index is 13.1. The van der Waals surface area contributed by atoms with Crippen LogP contribution in [-0.4, -0.2) is 24.2 Å². The molecular weight excluding hydrogens is 358 g/mol. The fourth-order valence-corrected chi connectivity index (χ4v) is 3.61. The number of hydrogen-bond acceptors (Lipinski definition) is 5. The van der Waals surface area contributed by atoms with Crippen LogP contribution in [0, 0.1) is 6.92 Å². The molecule has 2 aromatic carbocycles. The molecule has 0 aliphatic carbocycles. The van der Waals surface area contributed by atoms with Crippen LogP contribution < -0.4 is 14.8 Å². The molecule has 4 rings (SSSR count). The highest BCUT2D eigenvalue weighted by Crippen LogP contribution is 2.34. The normalized spacial score (nSPS) is 14.1. The summed E-state index contributed by atoms with van der Waals surface area (Å²) in [6.45, 7) is 4.89. The highest BCUT2D eigenvalue weighted by Gasteiger charge is 2.23. The minimum absolute atomic E-state index is 0.0966. The summed E-state index contributed by atoms with van der Waals surface area (Å²) < 4.78 is 17.0. The number of hydrogen-bond donors (Lipinski definition) is 2. The molecular formula is C22H23NO5. The fraction of sp³-hybridized carbons (Fsp3) is 0.318. The third-order valence-electron chi connectivity index (χ3n) is 4.93. The van der Waals surface area contributed by atoms with Crippen LogP contribution >= 0.6 is 0 Å². The van der Waals surface area contributed by atoms with Crippen LogP contribution in [0.4, 0.5) is 0 Å². The zero-order chi connectivity index (χ0) is 19.7. The Labute approximate surface area is 163 Å². The zero-order valence-corrected chi connectivity index (χ0v) is 16.0. The number of benzene rings is 2. The quantitative estimate of drug-likeness (QED) is 0.681. The molecule has 146 valence electrons. The van der Waals surface area contributed by atoms with E-state index in [1.807, 2.05) is 18.2 Å². The van der Waals surface area contributed by atoms with Gasteiger partial charge in [0, 0.05) is 5.39 Å². The molecule has 0 spiro atoms. The van der Waals surface area contributed by atoms with E-state index in [1.54, 1.807) is 25.1 Å². The number of carbonyl (C=O) groups is 1. The van der Waals surface area contributed by atoms with Crippen molar-refractivity contribution >= 4 is 16.9 Å². The van der Waals surface area contributed by atoms with E-state index in [4.69, 9.17) is 13.9 Å². The molecule has 2 heterocycles. The van der Waals surface area contributed by atoms with E-state index in [1.165, 1.54) is 0 Å². The van der Waals surface area contributed by atoms with E-state index in [2.05, 4.69) is 12.2 Å². The molecule has 0 saturated carbocycles. The Balaban J connectivity index is 1.64. The number of carbonyl (C=O) groups excluding carboxylic acids is 1. The molecule has 3 aromatic rings. The Morgan fingerprint density at radius 3 is 2.71 bits per heavy atom. The van der Waals surface area contributed by atoms with Crippen LogP contribution in [0.25, 0.3) is 11.0 Å². The summed E-state index contributed by atoms with van der Waals surface area (Å²) in [7, 11) is 0. The molecule has 6 heteroatoms. The van der Waals surface area contributed by atoms with Crippen molar-refractivity contribution in [3.05, 3.63) is 53.3 Å². The first-order valence-electron chi connectivity index (χ1n) is 9.49. The number of ether oxygens (including phenoxy) is 2. The second kappa shape index (κ2) is 7.46. The van der Waals surface area contributed by atoms with Gasteiger partial charge in [-0.1, -0.05) is 19.4 Å². The predicted octanol–water partition coefficient (Wildman–Crippen LogP) is 4.49. The molecule has 0 radical (unpaired) electrons. The van der Waals surface area contributed by atoms with Gasteiger partial charge in [-0.2, -0.15) is 0 Å². The summed E-state index contributed by atoms with van der Waals surface area (Å²) in [6.07, 6.45) is 1.69. The molecule has 0 bridgehead atoms. The van der Waals surface area contributed by atoms with Gasteiger partial charge in [-0.3, -0.25) is 4.79 Å². The van der Waals surface area contributed by atoms with Crippen molar-refractivity contribution in [2.75, 3.05) is 13.2 Å². The lowest BCUT2D eigenvalue weighted by atomic mass is 10.0. The van der Waals surface area contributed by atoms with Crippen LogP contribution in [0.5, 0.6) is 17.2 Å². The molecule has 28 heavy (non-hydrogen) atoms. The summed E-state index contributed by atoms with van der Waals surface area (Å²) in [4.78, 5) is 13.1. The molecule has 1 amide bonds. The van der Waals surface area contributed by atoms with Crippen molar-refractivity contribution in [2.24, 2.45) is 0 Å². The summed E-state index contributed by atoms with van der Waals surface area (Å²) in [6, 6.07) is 10.4. The minimum atomic E-state index is -0.227. The van der Waals surface area contributed by atoms with Crippen LogP contribution in [0.1, 0.15) is 47.5 Å². The Bertz CT molecular complexity index is 1020. The third-order valence-corrected chi connectivity index (χ3v) is 4.93. The highest BCUT2D eigenvalue weighted by atomic mass is 16.6. The number of aromatic hydroxyl groups is 1. The molecule has 2 N–H and O–H groups in total. The average molecular weight is 381 g/mol. The first kappa shape index (κ1) is 18.2. The molecule has 0 unspecified atom stereocenters. The maximum Gasteiger partial charge on any atom is 0.255 e. The smallest absolute Gasteiger partial charge is 0.255 e. The van der Waals surface area contributed by atoms with Gasteiger partial charge >= 0.3 is 0 Å². The Kier molecular flexibility index (Phi) is 4.86. The lowest BCUT2D eigenvalue weighted by Crippen LogP contribution is -2.29. The predicted molar refractivity (Wildman–Crippen MR) is 105 cm³/mol. The van der Waals surface area contributed by atoms with Crippen molar-refractivity contribution in [2.45, 2.75) is 32.7 Å². The molecule has 1 atom stereocenters. The van der Waals surface area contributed by atoms with Crippen LogP contribution in [-0.2, 0) is 0 Å². The summed E-state index contributed by atoms with van der Waals surface area (Å²) in [5, 5.41) is 13.5. The maximum atomic E-state index is 13.1. The number of furan rings is 1. The largest absolute Gasteiger partial charge is 0.508 e. The van der Waals surface area contributed by atoms with E-state index in [-0.39, 0.29) is 17.7 Å². The molecule has 1 aromatic heterocycles. The van der Waals surface area contributed by atoms with Gasteiger partial charge in [0.1, 0.15) is 30.3 Å². The van der Waals surface area contributed by atoms with E-state index >= 15 is 0 Å². The van der Waals surface area contributed by atoms with Crippen LogP contribution in [0.15, 0.2) is 40.8 Å². The van der Waals surface area contributed by atoms with Gasteiger partial charge in [0.25, 0.3) is 5.91 Å². The number of aryl methyl sites for hydroxylation is 1. The summed E-state index contributed by atoms with van der Waals surface area (Å²) in [5.41, 5.74) is 1.99. The van der Waals surface area contributed by atoms with Gasteiger partial charge in [-0.15, -0.1) is 0 Å². The lowest BCUT2D eigenvalue weighted by Gasteiger charge is -2.23. The molecule has 1 aliphatic rings. The Morgan fingerprint density at radius 2 is 1.93 bits per heavy atom. The Morgan fingerprint density at radius 1 is 1.14 bits per heavy atom. The van der Waals surface area contributed by atoms with Gasteiger partial charge in [-0.25, -0.2) is 0 Å². The molecule has 0 saturated heterocycles. The van der Waals surface area contributed by atoms with Crippen molar-refractivity contribution in [1.82, 2.24) is 5.32 Å². The van der Waals surface area contributed by atoms with E-state index in [0.29, 0.717) is 41.3 Å². The number of fused-ring (bicyclic) bond motifs is 2. The SMILES string of the molecule is CCC[C@@H](NC(=O)c1c(C)oc2ccc(O)cc12)c1ccc2c(c1)OCCO2. The fourth-order valence-electron chi connectivity index (χ4n) is 3.61.